The van der Waals surface area contributed by atoms with Gasteiger partial charge >= 0.3 is 0 Å². The van der Waals surface area contributed by atoms with Gasteiger partial charge in [-0.2, -0.15) is 0 Å². The zero-order valence-electron chi connectivity index (χ0n) is 10.2. The summed E-state index contributed by atoms with van der Waals surface area (Å²) in [5, 5.41) is 0.672. The van der Waals surface area contributed by atoms with E-state index >= 15 is 0 Å². The lowest BCUT2D eigenvalue weighted by atomic mass is 10.3. The summed E-state index contributed by atoms with van der Waals surface area (Å²) in [5.41, 5.74) is 1.69. The molecule has 2 atom stereocenters. The van der Waals surface area contributed by atoms with Gasteiger partial charge in [-0.3, -0.25) is 4.21 Å². The second kappa shape index (κ2) is 5.59. The molecule has 18 heavy (non-hydrogen) atoms. The molecule has 0 saturated heterocycles. The predicted molar refractivity (Wildman–Crippen MR) is 77.8 cm³/mol. The Labute approximate surface area is 119 Å². The number of benzene rings is 1. The van der Waals surface area contributed by atoms with E-state index in [1.165, 1.54) is 0 Å². The van der Waals surface area contributed by atoms with Crippen molar-refractivity contribution < 1.29 is 4.21 Å². The molecule has 0 amide bonds. The van der Waals surface area contributed by atoms with Crippen LogP contribution in [0.4, 0.5) is 0 Å². The van der Waals surface area contributed by atoms with E-state index in [1.807, 2.05) is 29.7 Å². The zero-order chi connectivity index (χ0) is 13.3. The van der Waals surface area contributed by atoms with Gasteiger partial charge in [-0.15, -0.1) is 11.6 Å². The quantitative estimate of drug-likeness (QED) is 0.813. The smallest absolute Gasteiger partial charge is 0.124 e. The first-order valence-corrected chi connectivity index (χ1v) is 8.09. The van der Waals surface area contributed by atoms with E-state index in [-0.39, 0.29) is 5.25 Å². The highest BCUT2D eigenvalue weighted by Gasteiger charge is 2.16. The van der Waals surface area contributed by atoms with Gasteiger partial charge in [-0.1, -0.05) is 17.7 Å². The molecule has 0 aliphatic rings. The Morgan fingerprint density at radius 2 is 2.22 bits per heavy atom. The van der Waals surface area contributed by atoms with Crippen LogP contribution in [0.25, 0.3) is 11.0 Å². The van der Waals surface area contributed by atoms with Crippen LogP contribution in [0, 0.1) is 0 Å². The highest BCUT2D eigenvalue weighted by molar-refractivity contribution is 7.84. The van der Waals surface area contributed by atoms with Crippen molar-refractivity contribution in [3.05, 3.63) is 29.0 Å². The number of hydrogen-bond donors (Lipinski definition) is 0. The Bertz CT molecular complexity index is 597. The van der Waals surface area contributed by atoms with Crippen LogP contribution in [0.15, 0.2) is 18.2 Å². The number of alkyl halides is 1. The van der Waals surface area contributed by atoms with Crippen molar-refractivity contribution in [2.24, 2.45) is 0 Å². The number of fused-ring (bicyclic) bond motifs is 1. The standard InChI is InChI=1S/C12H14Cl2N2OS/c1-8(18(2)17)7-16-11(6-13)15-10-5-3-4-9(14)12(10)16/h3-5,8H,6-7H2,1-2H3. The molecule has 0 spiro atoms. The van der Waals surface area contributed by atoms with Crippen molar-refractivity contribution in [3.8, 4) is 0 Å². The molecule has 6 heteroatoms. The minimum absolute atomic E-state index is 0.0284. The fourth-order valence-electron chi connectivity index (χ4n) is 1.85. The molecule has 0 saturated carbocycles. The second-order valence-corrected chi connectivity index (χ2v) is 6.67. The van der Waals surface area contributed by atoms with Crippen LogP contribution in [0.1, 0.15) is 12.7 Å². The van der Waals surface area contributed by atoms with E-state index in [4.69, 9.17) is 23.2 Å². The number of aromatic nitrogens is 2. The topological polar surface area (TPSA) is 34.9 Å². The number of para-hydroxylation sites is 1. The minimum atomic E-state index is -0.889. The Morgan fingerprint density at radius 3 is 2.83 bits per heavy atom. The van der Waals surface area contributed by atoms with Crippen LogP contribution in [0.3, 0.4) is 0 Å². The van der Waals surface area contributed by atoms with Crippen LogP contribution >= 0.6 is 23.2 Å². The molecule has 0 radical (unpaired) electrons. The van der Waals surface area contributed by atoms with Gasteiger partial charge in [0.05, 0.1) is 21.9 Å². The number of imidazole rings is 1. The van der Waals surface area contributed by atoms with Gasteiger partial charge in [-0.05, 0) is 19.1 Å². The third-order valence-electron chi connectivity index (χ3n) is 2.92. The van der Waals surface area contributed by atoms with Crippen LogP contribution in [0.2, 0.25) is 5.02 Å². The number of rotatable bonds is 4. The predicted octanol–water partition coefficient (Wildman–Crippen LogP) is 3.20. The molecule has 3 nitrogen and oxygen atoms in total. The maximum absolute atomic E-state index is 11.5. The first-order chi connectivity index (χ1) is 8.54. The fourth-order valence-corrected chi connectivity index (χ4v) is 2.69. The van der Waals surface area contributed by atoms with Crippen LogP contribution in [-0.2, 0) is 23.2 Å². The third kappa shape index (κ3) is 2.56. The monoisotopic (exact) mass is 304 g/mol. The summed E-state index contributed by atoms with van der Waals surface area (Å²) in [7, 11) is -0.889. The molecule has 1 aromatic carbocycles. The molecule has 2 aromatic rings. The van der Waals surface area contributed by atoms with Gasteiger partial charge in [0.1, 0.15) is 5.82 Å². The van der Waals surface area contributed by atoms with Gasteiger partial charge in [0, 0.05) is 28.9 Å². The molecule has 0 bridgehead atoms. The Kier molecular flexibility index (Phi) is 4.30. The Hall–Kier alpha value is -0.580. The van der Waals surface area contributed by atoms with Crippen molar-refractivity contribution in [1.29, 1.82) is 0 Å². The summed E-state index contributed by atoms with van der Waals surface area (Å²) >= 11 is 12.1. The minimum Gasteiger partial charge on any atom is -0.325 e. The Balaban J connectivity index is 2.56. The molecule has 0 aliphatic carbocycles. The summed E-state index contributed by atoms with van der Waals surface area (Å²) in [4.78, 5) is 4.45. The third-order valence-corrected chi connectivity index (χ3v) is 4.75. The van der Waals surface area contributed by atoms with E-state index in [0.29, 0.717) is 17.4 Å². The molecule has 98 valence electrons. The first kappa shape index (κ1) is 13.8. The highest BCUT2D eigenvalue weighted by atomic mass is 35.5. The lowest BCUT2D eigenvalue weighted by Crippen LogP contribution is -2.18. The van der Waals surface area contributed by atoms with Crippen LogP contribution in [0.5, 0.6) is 0 Å². The summed E-state index contributed by atoms with van der Waals surface area (Å²) in [6.45, 7) is 2.54. The summed E-state index contributed by atoms with van der Waals surface area (Å²) in [6, 6.07) is 5.59. The molecule has 0 fully saturated rings. The lowest BCUT2D eigenvalue weighted by molar-refractivity contribution is 0.641. The fraction of sp³-hybridized carbons (Fsp3) is 0.417. The summed E-state index contributed by atoms with van der Waals surface area (Å²) < 4.78 is 13.5. The molecule has 1 heterocycles. The Morgan fingerprint density at radius 1 is 1.50 bits per heavy atom. The second-order valence-electron chi connectivity index (χ2n) is 4.19. The van der Waals surface area contributed by atoms with Crippen LogP contribution < -0.4 is 0 Å². The van der Waals surface area contributed by atoms with Gasteiger partial charge in [0.25, 0.3) is 0 Å². The number of hydrogen-bond acceptors (Lipinski definition) is 2. The molecule has 2 unspecified atom stereocenters. The molecule has 2 rings (SSSR count). The van der Waals surface area contributed by atoms with E-state index in [1.54, 1.807) is 6.26 Å². The largest absolute Gasteiger partial charge is 0.325 e. The first-order valence-electron chi connectivity index (χ1n) is 5.56. The highest BCUT2D eigenvalue weighted by Crippen LogP contribution is 2.25. The van der Waals surface area contributed by atoms with Crippen molar-refractivity contribution in [2.45, 2.75) is 24.6 Å². The van der Waals surface area contributed by atoms with Crippen molar-refractivity contribution in [1.82, 2.24) is 9.55 Å². The van der Waals surface area contributed by atoms with Crippen molar-refractivity contribution in [3.63, 3.8) is 0 Å². The normalized spacial score (nSPS) is 14.9. The maximum Gasteiger partial charge on any atom is 0.124 e. The van der Waals surface area contributed by atoms with Crippen LogP contribution in [-0.4, -0.2) is 25.3 Å². The average molecular weight is 305 g/mol. The van der Waals surface area contributed by atoms with Gasteiger partial charge in [0.15, 0.2) is 0 Å². The molecule has 1 aromatic heterocycles. The maximum atomic E-state index is 11.5. The molecule has 0 aliphatic heterocycles. The molecule has 0 N–H and O–H groups in total. The molecular weight excluding hydrogens is 291 g/mol. The van der Waals surface area contributed by atoms with Gasteiger partial charge in [0.2, 0.25) is 0 Å². The lowest BCUT2D eigenvalue weighted by Gasteiger charge is -2.13. The van der Waals surface area contributed by atoms with Gasteiger partial charge in [-0.25, -0.2) is 4.98 Å². The number of nitrogens with zero attached hydrogens (tertiary/aromatic N) is 2. The van der Waals surface area contributed by atoms with E-state index < -0.39 is 10.8 Å². The molecular formula is C12H14Cl2N2OS. The van der Waals surface area contributed by atoms with E-state index in [2.05, 4.69) is 4.98 Å². The zero-order valence-corrected chi connectivity index (χ0v) is 12.5. The summed E-state index contributed by atoms with van der Waals surface area (Å²) in [6.07, 6.45) is 1.70. The summed E-state index contributed by atoms with van der Waals surface area (Å²) in [5.74, 6) is 1.07. The van der Waals surface area contributed by atoms with Crippen molar-refractivity contribution >= 4 is 45.0 Å². The van der Waals surface area contributed by atoms with Crippen molar-refractivity contribution in [2.75, 3.05) is 6.26 Å². The number of halogens is 2. The SMILES string of the molecule is CC(Cn1c(CCl)nc2cccc(Cl)c21)S(C)=O. The van der Waals surface area contributed by atoms with E-state index in [0.717, 1.165) is 16.9 Å². The van der Waals surface area contributed by atoms with E-state index in [9.17, 15) is 4.21 Å². The van der Waals surface area contributed by atoms with Gasteiger partial charge < -0.3 is 4.57 Å². The average Bonchev–Trinajstić information content (AvgIpc) is 2.68.